The van der Waals surface area contributed by atoms with Gasteiger partial charge in [0.25, 0.3) is 0 Å². The smallest absolute Gasteiger partial charge is 0.266 e. The summed E-state index contributed by atoms with van der Waals surface area (Å²) in [4.78, 5) is 32.9. The normalized spacial score (nSPS) is 21.9. The van der Waals surface area contributed by atoms with Crippen LogP contribution in [0.4, 0.5) is 0 Å². The molecule has 0 atom stereocenters. The molecule has 0 spiro atoms. The number of rotatable bonds is 0. The third-order valence-electron chi connectivity index (χ3n) is 4.11. The third kappa shape index (κ3) is 3.12. The maximum absolute atomic E-state index is 12.6. The maximum atomic E-state index is 12.6. The molecule has 1 aliphatic rings. The Morgan fingerprint density at radius 2 is 1.40 bits per heavy atom. The van der Waals surface area contributed by atoms with E-state index in [2.05, 4.69) is 15.0 Å². The van der Waals surface area contributed by atoms with Crippen molar-refractivity contribution in [2.45, 2.75) is 60.8 Å². The highest BCUT2D eigenvalue weighted by Gasteiger charge is 2.57. The van der Waals surface area contributed by atoms with Crippen LogP contribution in [-0.4, -0.2) is 11.9 Å². The Morgan fingerprint density at radius 1 is 0.900 bits per heavy atom. The summed E-state index contributed by atoms with van der Waals surface area (Å²) in [6.45, 7) is 11.9. The van der Waals surface area contributed by atoms with Crippen molar-refractivity contribution in [3.63, 3.8) is 0 Å². The molecule has 0 N–H and O–H groups in total. The number of hydrogen-bond acceptors (Lipinski definition) is 6. The van der Waals surface area contributed by atoms with Crippen molar-refractivity contribution in [2.24, 2.45) is 16.2 Å². The van der Waals surface area contributed by atoms with E-state index in [4.69, 9.17) is 4.89 Å². The summed E-state index contributed by atoms with van der Waals surface area (Å²) in [5.41, 5.74) is -1.58. The van der Waals surface area contributed by atoms with Gasteiger partial charge in [-0.15, -0.1) is 0 Å². The first kappa shape index (κ1) is 16.9. The topological polar surface area (TPSA) is 71.1 Å². The summed E-state index contributed by atoms with van der Waals surface area (Å²) in [5, 5.41) is 8.36. The second kappa shape index (κ2) is 5.69. The molecule has 1 saturated heterocycles. The predicted molar refractivity (Wildman–Crippen MR) is 69.5 cm³/mol. The van der Waals surface area contributed by atoms with Gasteiger partial charge in [0.15, 0.2) is 0 Å². The molecule has 6 heteroatoms. The molecule has 0 amide bonds. The fourth-order valence-corrected chi connectivity index (χ4v) is 3.30. The van der Waals surface area contributed by atoms with Gasteiger partial charge in [0.2, 0.25) is 0 Å². The Morgan fingerprint density at radius 3 is 1.90 bits per heavy atom. The van der Waals surface area contributed by atoms with Crippen LogP contribution in [0.3, 0.4) is 0 Å². The lowest BCUT2D eigenvalue weighted by Gasteiger charge is -2.50. The van der Waals surface area contributed by atoms with Gasteiger partial charge in [0, 0.05) is 16.5 Å². The Hall–Kier alpha value is -1.14. The first-order valence-corrected chi connectivity index (χ1v) is 6.77. The minimum absolute atomic E-state index is 0.157. The molecule has 0 aromatic heterocycles. The first-order chi connectivity index (χ1) is 9.02. The van der Waals surface area contributed by atoms with E-state index in [1.54, 1.807) is 0 Å². The molecule has 0 aromatic rings. The quantitative estimate of drug-likeness (QED) is 0.638. The zero-order valence-electron chi connectivity index (χ0n) is 13.1. The van der Waals surface area contributed by atoms with Crippen LogP contribution in [-0.2, 0) is 29.4 Å². The first-order valence-electron chi connectivity index (χ1n) is 6.77. The van der Waals surface area contributed by atoms with E-state index in [9.17, 15) is 9.59 Å². The second-order valence-electron chi connectivity index (χ2n) is 7.22. The van der Waals surface area contributed by atoms with Crippen molar-refractivity contribution in [1.82, 2.24) is 0 Å². The zero-order valence-corrected chi connectivity index (χ0v) is 13.1. The predicted octanol–water partition coefficient (Wildman–Crippen LogP) is 3.11. The molecule has 20 heavy (non-hydrogen) atoms. The lowest BCUT2D eigenvalue weighted by atomic mass is 9.52. The largest absolute Gasteiger partial charge is 0.352 e. The van der Waals surface area contributed by atoms with Gasteiger partial charge in [-0.1, -0.05) is 41.5 Å². The lowest BCUT2D eigenvalue weighted by molar-refractivity contribution is -0.602. The maximum Gasteiger partial charge on any atom is 0.352 e. The number of carbonyl (C=O) groups is 2. The van der Waals surface area contributed by atoms with Crippen molar-refractivity contribution in [1.29, 1.82) is 0 Å². The van der Waals surface area contributed by atoms with Gasteiger partial charge >= 0.3 is 11.9 Å². The summed E-state index contributed by atoms with van der Waals surface area (Å²) in [7, 11) is 0. The van der Waals surface area contributed by atoms with Gasteiger partial charge in [-0.05, 0) is 23.7 Å². The Bertz CT molecular complexity index is 360. The molecule has 0 saturated carbocycles. The Kier molecular flexibility index (Phi) is 4.82. The third-order valence-corrected chi connectivity index (χ3v) is 4.11. The van der Waals surface area contributed by atoms with Crippen LogP contribution in [0.15, 0.2) is 0 Å². The van der Waals surface area contributed by atoms with Gasteiger partial charge in [-0.2, -0.15) is 0 Å². The second-order valence-corrected chi connectivity index (χ2v) is 7.22. The van der Waals surface area contributed by atoms with E-state index < -0.39 is 17.4 Å². The van der Waals surface area contributed by atoms with Gasteiger partial charge in [-0.3, -0.25) is 9.78 Å². The number of hydrogen-bond donors (Lipinski definition) is 0. The van der Waals surface area contributed by atoms with E-state index in [0.29, 0.717) is 12.8 Å². The van der Waals surface area contributed by atoms with Gasteiger partial charge in [0.1, 0.15) is 0 Å². The average Bonchev–Trinajstić information content (AvgIpc) is 2.26. The summed E-state index contributed by atoms with van der Waals surface area (Å²) in [5.74, 6) is -1.07. The van der Waals surface area contributed by atoms with E-state index in [-0.39, 0.29) is 17.3 Å². The molecule has 1 fully saturated rings. The summed E-state index contributed by atoms with van der Waals surface area (Å²) >= 11 is 0. The average molecular weight is 288 g/mol. The van der Waals surface area contributed by atoms with Crippen LogP contribution in [0.1, 0.15) is 60.8 Å². The molecular formula is C14H24O6. The van der Waals surface area contributed by atoms with Gasteiger partial charge in [0.05, 0.1) is 5.41 Å². The summed E-state index contributed by atoms with van der Waals surface area (Å²) in [6.07, 6.45) is 1.16. The van der Waals surface area contributed by atoms with Crippen LogP contribution in [0.25, 0.3) is 0 Å². The highest BCUT2D eigenvalue weighted by Crippen LogP contribution is 2.55. The molecular weight excluding hydrogens is 264 g/mol. The van der Waals surface area contributed by atoms with Crippen LogP contribution in [0.5, 0.6) is 0 Å². The summed E-state index contributed by atoms with van der Waals surface area (Å²) < 4.78 is 0. The van der Waals surface area contributed by atoms with Crippen molar-refractivity contribution in [3.8, 4) is 0 Å². The molecule has 6 nitrogen and oxygen atoms in total. The van der Waals surface area contributed by atoms with Crippen LogP contribution in [0.2, 0.25) is 0 Å². The minimum atomic E-state index is -0.818. The SMILES string of the molecule is CC(C)(C)C1(C(C)(C)C)CCCC(=O)OOOOC1=O. The Labute approximate surface area is 119 Å². The van der Waals surface area contributed by atoms with E-state index in [1.165, 1.54) is 0 Å². The summed E-state index contributed by atoms with van der Waals surface area (Å²) in [6, 6.07) is 0. The van der Waals surface area contributed by atoms with E-state index in [1.807, 2.05) is 41.5 Å². The monoisotopic (exact) mass is 288 g/mol. The van der Waals surface area contributed by atoms with E-state index in [0.717, 1.165) is 0 Å². The highest BCUT2D eigenvalue weighted by molar-refractivity contribution is 5.78. The fourth-order valence-electron chi connectivity index (χ4n) is 3.30. The molecule has 1 rings (SSSR count). The lowest BCUT2D eigenvalue weighted by Crippen LogP contribution is -2.53. The van der Waals surface area contributed by atoms with Crippen LogP contribution >= 0.6 is 0 Å². The molecule has 1 heterocycles. The molecule has 0 aliphatic carbocycles. The van der Waals surface area contributed by atoms with Crippen molar-refractivity contribution in [3.05, 3.63) is 0 Å². The minimum Gasteiger partial charge on any atom is -0.266 e. The molecule has 0 radical (unpaired) electrons. The van der Waals surface area contributed by atoms with Crippen LogP contribution < -0.4 is 0 Å². The standard InChI is InChI=1S/C14H24O6/c1-12(2,3)14(13(4,5)6)9-7-8-10(15)17-19-20-18-11(14)16/h7-9H2,1-6H3. The molecule has 0 aromatic carbocycles. The van der Waals surface area contributed by atoms with Crippen molar-refractivity contribution in [2.75, 3.05) is 0 Å². The fraction of sp³-hybridized carbons (Fsp3) is 0.857. The highest BCUT2D eigenvalue weighted by atomic mass is 17.7. The van der Waals surface area contributed by atoms with Crippen molar-refractivity contribution < 1.29 is 29.4 Å². The zero-order chi connectivity index (χ0) is 15.6. The van der Waals surface area contributed by atoms with Crippen molar-refractivity contribution >= 4 is 11.9 Å². The molecule has 116 valence electrons. The van der Waals surface area contributed by atoms with Gasteiger partial charge in [-0.25, -0.2) is 9.59 Å². The number of carbonyl (C=O) groups excluding carboxylic acids is 2. The van der Waals surface area contributed by atoms with E-state index >= 15 is 0 Å². The molecule has 0 bridgehead atoms. The Balaban J connectivity index is 3.20. The molecule has 1 aliphatic heterocycles. The molecule has 0 unspecified atom stereocenters. The van der Waals surface area contributed by atoms with Gasteiger partial charge < -0.3 is 0 Å². The van der Waals surface area contributed by atoms with Crippen LogP contribution in [0, 0.1) is 16.2 Å².